The van der Waals surface area contributed by atoms with Gasteiger partial charge in [-0.2, -0.15) is 0 Å². The van der Waals surface area contributed by atoms with E-state index in [0.29, 0.717) is 25.4 Å². The number of piperidine rings is 1. The van der Waals surface area contributed by atoms with E-state index in [-0.39, 0.29) is 10.8 Å². The average molecular weight is 339 g/mol. The molecule has 0 aliphatic carbocycles. The van der Waals surface area contributed by atoms with Crippen LogP contribution in [0.25, 0.3) is 0 Å². The third-order valence-corrected chi connectivity index (χ3v) is 5.03. The van der Waals surface area contributed by atoms with Crippen molar-refractivity contribution in [1.82, 2.24) is 10.2 Å². The fraction of sp³-hybridized carbons (Fsp3) is 0.562. The van der Waals surface area contributed by atoms with Gasteiger partial charge in [0.25, 0.3) is 0 Å². The molecule has 1 heterocycles. The van der Waals surface area contributed by atoms with Gasteiger partial charge >= 0.3 is 0 Å². The number of carbonyl (C=O) groups excluding carboxylic acids is 1. The number of nitrogens with one attached hydrogen (secondary N) is 1. The maximum absolute atomic E-state index is 11.9. The molecule has 1 aromatic rings. The molecular weight excluding hydrogens is 314 g/mol. The van der Waals surface area contributed by atoms with Crippen molar-refractivity contribution in [2.45, 2.75) is 31.1 Å². The zero-order valence-electron chi connectivity index (χ0n) is 13.5. The highest BCUT2D eigenvalue weighted by molar-refractivity contribution is 7.89. The fourth-order valence-corrected chi connectivity index (χ4v) is 3.40. The number of primary sulfonamides is 1. The van der Waals surface area contributed by atoms with Crippen molar-refractivity contribution in [3.05, 3.63) is 29.8 Å². The average Bonchev–Trinajstić information content (AvgIpc) is 2.47. The Bertz CT molecular complexity index is 628. The lowest BCUT2D eigenvalue weighted by molar-refractivity contribution is -0.122. The SMILES string of the molecule is C[C@@H]1CCCN(CC(=O)NCCc2ccc(S(N)(=O)=O)cc2)C1. The first-order valence-corrected chi connectivity index (χ1v) is 9.50. The van der Waals surface area contributed by atoms with Crippen LogP contribution in [0.15, 0.2) is 29.2 Å². The van der Waals surface area contributed by atoms with E-state index in [1.807, 2.05) is 0 Å². The second kappa shape index (κ2) is 7.90. The topological polar surface area (TPSA) is 92.5 Å². The highest BCUT2D eigenvalue weighted by Crippen LogP contribution is 2.14. The van der Waals surface area contributed by atoms with Crippen molar-refractivity contribution >= 4 is 15.9 Å². The van der Waals surface area contributed by atoms with Gasteiger partial charge < -0.3 is 5.32 Å². The van der Waals surface area contributed by atoms with Gasteiger partial charge in [-0.05, 0) is 49.4 Å². The molecule has 3 N–H and O–H groups in total. The highest BCUT2D eigenvalue weighted by Gasteiger charge is 2.18. The van der Waals surface area contributed by atoms with Crippen LogP contribution in [0.1, 0.15) is 25.3 Å². The zero-order chi connectivity index (χ0) is 16.9. The van der Waals surface area contributed by atoms with Gasteiger partial charge in [0, 0.05) is 13.1 Å². The molecule has 0 bridgehead atoms. The van der Waals surface area contributed by atoms with Crippen LogP contribution in [0.2, 0.25) is 0 Å². The van der Waals surface area contributed by atoms with Crippen LogP contribution in [-0.4, -0.2) is 45.4 Å². The second-order valence-electron chi connectivity index (χ2n) is 6.27. The fourth-order valence-electron chi connectivity index (χ4n) is 2.88. The Morgan fingerprint density at radius 3 is 2.65 bits per heavy atom. The first kappa shape index (κ1) is 17.9. The molecule has 128 valence electrons. The first-order valence-electron chi connectivity index (χ1n) is 7.95. The Labute approximate surface area is 138 Å². The van der Waals surface area contributed by atoms with Crippen molar-refractivity contribution in [2.24, 2.45) is 11.1 Å². The van der Waals surface area contributed by atoms with Crippen molar-refractivity contribution < 1.29 is 13.2 Å². The number of amides is 1. The number of nitrogens with two attached hydrogens (primary N) is 1. The molecule has 1 fully saturated rings. The Balaban J connectivity index is 1.73. The third kappa shape index (κ3) is 5.93. The number of likely N-dealkylation sites (tertiary alicyclic amines) is 1. The number of rotatable bonds is 6. The summed E-state index contributed by atoms with van der Waals surface area (Å²) in [5.41, 5.74) is 0.962. The minimum Gasteiger partial charge on any atom is -0.355 e. The van der Waals surface area contributed by atoms with E-state index in [1.54, 1.807) is 12.1 Å². The molecule has 0 radical (unpaired) electrons. The van der Waals surface area contributed by atoms with Gasteiger partial charge in [-0.15, -0.1) is 0 Å². The van der Waals surface area contributed by atoms with Gasteiger partial charge in [0.15, 0.2) is 0 Å². The third-order valence-electron chi connectivity index (χ3n) is 4.10. The lowest BCUT2D eigenvalue weighted by atomic mass is 10.0. The molecule has 1 aliphatic rings. The largest absolute Gasteiger partial charge is 0.355 e. The molecule has 6 nitrogen and oxygen atoms in total. The lowest BCUT2D eigenvalue weighted by Crippen LogP contribution is -2.42. The quantitative estimate of drug-likeness (QED) is 0.799. The summed E-state index contributed by atoms with van der Waals surface area (Å²) in [4.78, 5) is 14.2. The van der Waals surface area contributed by atoms with E-state index in [4.69, 9.17) is 5.14 Å². The summed E-state index contributed by atoms with van der Waals surface area (Å²) in [6, 6.07) is 6.42. The standard InChI is InChI=1S/C16H25N3O3S/c1-13-3-2-10-19(11-13)12-16(20)18-9-8-14-4-6-15(7-5-14)23(17,21)22/h4-7,13H,2-3,8-12H2,1H3,(H,18,20)(H2,17,21,22)/t13-/m1/s1. The zero-order valence-corrected chi connectivity index (χ0v) is 14.3. The van der Waals surface area contributed by atoms with Gasteiger partial charge in [-0.1, -0.05) is 19.1 Å². The van der Waals surface area contributed by atoms with Gasteiger partial charge in [0.05, 0.1) is 11.4 Å². The van der Waals surface area contributed by atoms with E-state index in [9.17, 15) is 13.2 Å². The van der Waals surface area contributed by atoms with Crippen molar-refractivity contribution in [1.29, 1.82) is 0 Å². The minimum absolute atomic E-state index is 0.0419. The molecule has 1 saturated heterocycles. The monoisotopic (exact) mass is 339 g/mol. The molecule has 1 atom stereocenters. The maximum atomic E-state index is 11.9. The molecular formula is C16H25N3O3S. The Morgan fingerprint density at radius 1 is 1.35 bits per heavy atom. The molecule has 1 aliphatic heterocycles. The van der Waals surface area contributed by atoms with Gasteiger partial charge in [-0.3, -0.25) is 9.69 Å². The molecule has 2 rings (SSSR count). The highest BCUT2D eigenvalue weighted by atomic mass is 32.2. The molecule has 7 heteroatoms. The van der Waals surface area contributed by atoms with E-state index in [0.717, 1.165) is 25.1 Å². The number of benzene rings is 1. The van der Waals surface area contributed by atoms with Gasteiger partial charge in [-0.25, -0.2) is 13.6 Å². The van der Waals surface area contributed by atoms with Crippen LogP contribution in [-0.2, 0) is 21.2 Å². The summed E-state index contributed by atoms with van der Waals surface area (Å²) < 4.78 is 22.4. The summed E-state index contributed by atoms with van der Waals surface area (Å²) in [5, 5.41) is 7.97. The summed E-state index contributed by atoms with van der Waals surface area (Å²) in [7, 11) is -3.65. The Kier molecular flexibility index (Phi) is 6.15. The van der Waals surface area contributed by atoms with E-state index < -0.39 is 10.0 Å². The molecule has 0 spiro atoms. The van der Waals surface area contributed by atoms with Crippen molar-refractivity contribution in [3.63, 3.8) is 0 Å². The number of nitrogens with zero attached hydrogens (tertiary/aromatic N) is 1. The van der Waals surface area contributed by atoms with Crippen LogP contribution < -0.4 is 10.5 Å². The summed E-state index contributed by atoms with van der Waals surface area (Å²) >= 11 is 0. The van der Waals surface area contributed by atoms with Gasteiger partial charge in [0.2, 0.25) is 15.9 Å². The smallest absolute Gasteiger partial charge is 0.238 e. The summed E-state index contributed by atoms with van der Waals surface area (Å²) in [5.74, 6) is 0.703. The summed E-state index contributed by atoms with van der Waals surface area (Å²) in [6.45, 7) is 5.19. The number of hydrogen-bond donors (Lipinski definition) is 2. The predicted octanol–water partition coefficient (Wildman–Crippen LogP) is 0.725. The minimum atomic E-state index is -3.65. The summed E-state index contributed by atoms with van der Waals surface area (Å²) in [6.07, 6.45) is 3.06. The molecule has 1 aromatic carbocycles. The number of carbonyl (C=O) groups is 1. The normalized spacial score (nSPS) is 19.5. The van der Waals surface area contributed by atoms with Gasteiger partial charge in [0.1, 0.15) is 0 Å². The molecule has 0 aromatic heterocycles. The second-order valence-corrected chi connectivity index (χ2v) is 7.83. The lowest BCUT2D eigenvalue weighted by Gasteiger charge is -2.30. The van der Waals surface area contributed by atoms with E-state index in [2.05, 4.69) is 17.1 Å². The molecule has 1 amide bonds. The maximum Gasteiger partial charge on any atom is 0.238 e. The van der Waals surface area contributed by atoms with Crippen LogP contribution in [0, 0.1) is 5.92 Å². The molecule has 0 unspecified atom stereocenters. The number of hydrogen-bond acceptors (Lipinski definition) is 4. The van der Waals surface area contributed by atoms with Crippen LogP contribution in [0.5, 0.6) is 0 Å². The van der Waals surface area contributed by atoms with E-state index in [1.165, 1.54) is 18.6 Å². The van der Waals surface area contributed by atoms with Crippen LogP contribution >= 0.6 is 0 Å². The van der Waals surface area contributed by atoms with E-state index >= 15 is 0 Å². The number of sulfonamides is 1. The molecule has 0 saturated carbocycles. The van der Waals surface area contributed by atoms with Crippen molar-refractivity contribution in [2.75, 3.05) is 26.2 Å². The van der Waals surface area contributed by atoms with Crippen LogP contribution in [0.4, 0.5) is 0 Å². The van der Waals surface area contributed by atoms with Crippen LogP contribution in [0.3, 0.4) is 0 Å². The van der Waals surface area contributed by atoms with Crippen molar-refractivity contribution in [3.8, 4) is 0 Å². The molecule has 23 heavy (non-hydrogen) atoms. The predicted molar refractivity (Wildman–Crippen MR) is 89.4 cm³/mol. The Morgan fingerprint density at radius 2 is 2.04 bits per heavy atom. The Hall–Kier alpha value is -1.44. The first-order chi connectivity index (χ1) is 10.8.